The van der Waals surface area contributed by atoms with E-state index >= 15 is 0 Å². The summed E-state index contributed by atoms with van der Waals surface area (Å²) in [5, 5.41) is 0. The fourth-order valence-electron chi connectivity index (χ4n) is 7.19. The van der Waals surface area contributed by atoms with Gasteiger partial charge in [-0.05, 0) is 76.5 Å². The molecule has 1 spiro atoms. The quantitative estimate of drug-likeness (QED) is 0.231. The van der Waals surface area contributed by atoms with E-state index in [1.165, 1.54) is 161 Å². The van der Waals surface area contributed by atoms with Crippen molar-refractivity contribution in [1.82, 2.24) is 9.80 Å². The number of rotatable bonds is 13. The molecule has 3 heteroatoms. The van der Waals surface area contributed by atoms with Crippen molar-refractivity contribution >= 4 is 5.96 Å². The van der Waals surface area contributed by atoms with Crippen LogP contribution in [0.2, 0.25) is 0 Å². The van der Waals surface area contributed by atoms with Crippen LogP contribution in [0.1, 0.15) is 163 Å². The van der Waals surface area contributed by atoms with Crippen LogP contribution in [0.15, 0.2) is 0 Å². The molecule has 3 nitrogen and oxygen atoms in total. The summed E-state index contributed by atoms with van der Waals surface area (Å²) in [7, 11) is 0. The highest BCUT2D eigenvalue weighted by atomic mass is 15.4. The van der Waals surface area contributed by atoms with Crippen LogP contribution in [-0.2, 0) is 0 Å². The summed E-state index contributed by atoms with van der Waals surface area (Å²) in [6, 6.07) is 0. The van der Waals surface area contributed by atoms with E-state index in [2.05, 4.69) is 49.0 Å². The minimum atomic E-state index is 0.359. The summed E-state index contributed by atoms with van der Waals surface area (Å²) in [6.07, 6.45) is 27.6. The summed E-state index contributed by atoms with van der Waals surface area (Å²) < 4.78 is 2.92. The maximum Gasteiger partial charge on any atom is 0.350 e. The molecule has 0 saturated heterocycles. The second-order valence-corrected chi connectivity index (χ2v) is 12.2. The van der Waals surface area contributed by atoms with Gasteiger partial charge in [0, 0.05) is 0 Å². The maximum absolute atomic E-state index is 3.13. The van der Waals surface area contributed by atoms with Gasteiger partial charge in [0.15, 0.2) is 0 Å². The van der Waals surface area contributed by atoms with Crippen LogP contribution in [0.25, 0.3) is 0 Å². The molecular weight excluding hydrogens is 438 g/mol. The normalized spacial score (nSPS) is 24.6. The van der Waals surface area contributed by atoms with Crippen LogP contribution in [-0.4, -0.2) is 58.6 Å². The zero-order valence-electron chi connectivity index (χ0n) is 25.6. The van der Waals surface area contributed by atoms with E-state index in [-0.39, 0.29) is 0 Å². The van der Waals surface area contributed by atoms with Crippen molar-refractivity contribution in [3.63, 3.8) is 0 Å². The van der Waals surface area contributed by atoms with Crippen LogP contribution < -0.4 is 0 Å². The van der Waals surface area contributed by atoms with Gasteiger partial charge in [-0.3, -0.25) is 14.4 Å². The van der Waals surface area contributed by atoms with Crippen LogP contribution in [0.4, 0.5) is 0 Å². The molecule has 0 bridgehead atoms. The van der Waals surface area contributed by atoms with E-state index in [0.717, 1.165) is 5.92 Å². The lowest BCUT2D eigenvalue weighted by atomic mass is 9.69. The van der Waals surface area contributed by atoms with Crippen molar-refractivity contribution in [2.75, 3.05) is 32.7 Å². The van der Waals surface area contributed by atoms with Crippen molar-refractivity contribution < 1.29 is 4.58 Å². The van der Waals surface area contributed by atoms with Crippen LogP contribution in [0.3, 0.4) is 0 Å². The average molecular weight is 505 g/mol. The molecule has 1 heterocycles. The summed E-state index contributed by atoms with van der Waals surface area (Å²) in [5.41, 5.74) is 0.359. The van der Waals surface area contributed by atoms with Crippen molar-refractivity contribution in [2.24, 2.45) is 5.92 Å². The molecule has 1 aliphatic heterocycles. The molecule has 212 valence electrons. The van der Waals surface area contributed by atoms with Gasteiger partial charge in [0.1, 0.15) is 0 Å². The highest BCUT2D eigenvalue weighted by Gasteiger charge is 2.49. The van der Waals surface area contributed by atoms with E-state index in [1.807, 2.05) is 0 Å². The van der Waals surface area contributed by atoms with E-state index in [0.29, 0.717) is 5.54 Å². The fourth-order valence-corrected chi connectivity index (χ4v) is 7.19. The number of unbranched alkanes of at least 4 members (excludes halogenated alkanes) is 4. The van der Waals surface area contributed by atoms with E-state index in [9.17, 15) is 0 Å². The Morgan fingerprint density at radius 2 is 1.31 bits per heavy atom. The predicted octanol–water partition coefficient (Wildman–Crippen LogP) is 9.24. The Hall–Kier alpha value is -0.730. The van der Waals surface area contributed by atoms with Crippen LogP contribution in [0.5, 0.6) is 0 Å². The van der Waals surface area contributed by atoms with Gasteiger partial charge in [-0.1, -0.05) is 92.4 Å². The Morgan fingerprint density at radius 1 is 0.722 bits per heavy atom. The molecule has 0 aromatic rings. The Balaban J connectivity index is 2.74. The lowest BCUT2D eigenvalue weighted by Gasteiger charge is -2.50. The first-order valence-corrected chi connectivity index (χ1v) is 16.8. The molecule has 0 amide bonds. The highest BCUT2D eigenvalue weighted by molar-refractivity contribution is 5.76. The van der Waals surface area contributed by atoms with Crippen molar-refractivity contribution in [2.45, 2.75) is 169 Å². The van der Waals surface area contributed by atoms with Gasteiger partial charge in [-0.15, -0.1) is 0 Å². The topological polar surface area (TPSA) is 9.49 Å². The zero-order valence-corrected chi connectivity index (χ0v) is 25.6. The Labute approximate surface area is 227 Å². The van der Waals surface area contributed by atoms with Gasteiger partial charge in [-0.2, -0.15) is 0 Å². The van der Waals surface area contributed by atoms with E-state index in [1.54, 1.807) is 5.96 Å². The monoisotopic (exact) mass is 505 g/mol. The van der Waals surface area contributed by atoms with Gasteiger partial charge >= 0.3 is 5.96 Å². The molecule has 36 heavy (non-hydrogen) atoms. The Morgan fingerprint density at radius 3 is 1.89 bits per heavy atom. The molecule has 2 rings (SSSR count). The standard InChI is InChI=1S/C33H66N3/c1-6-11-26-34(27-12-7-2)32-35(28-13-8-3)29-22-18-17-21-25-33(36(32)30-14-9-4)24-20-16-15-19-23-31(33)10-5/h31H,6-30H2,1-5H3/q+1. The maximum atomic E-state index is 3.13. The Bertz CT molecular complexity index is 577. The molecular formula is C33H66N3+. The number of hydrogen-bond acceptors (Lipinski definition) is 2. The minimum absolute atomic E-state index is 0.359. The molecule has 1 aliphatic carbocycles. The number of hydrogen-bond donors (Lipinski definition) is 0. The third-order valence-corrected chi connectivity index (χ3v) is 9.38. The third-order valence-electron chi connectivity index (χ3n) is 9.38. The lowest BCUT2D eigenvalue weighted by Crippen LogP contribution is -2.63. The second-order valence-electron chi connectivity index (χ2n) is 12.2. The fraction of sp³-hybridized carbons (Fsp3) is 0.970. The van der Waals surface area contributed by atoms with Gasteiger partial charge in [0.2, 0.25) is 0 Å². The summed E-state index contributed by atoms with van der Waals surface area (Å²) in [4.78, 5) is 6.04. The van der Waals surface area contributed by atoms with Gasteiger partial charge in [-0.25, -0.2) is 0 Å². The smallest absolute Gasteiger partial charge is 0.265 e. The molecule has 2 atom stereocenters. The largest absolute Gasteiger partial charge is 0.350 e. The first-order chi connectivity index (χ1) is 17.7. The second kappa shape index (κ2) is 18.5. The third kappa shape index (κ3) is 9.23. The van der Waals surface area contributed by atoms with Crippen LogP contribution >= 0.6 is 0 Å². The van der Waals surface area contributed by atoms with Crippen molar-refractivity contribution in [1.29, 1.82) is 0 Å². The van der Waals surface area contributed by atoms with Crippen molar-refractivity contribution in [3.8, 4) is 0 Å². The van der Waals surface area contributed by atoms with Crippen LogP contribution in [0, 0.1) is 5.92 Å². The molecule has 1 saturated carbocycles. The van der Waals surface area contributed by atoms with Gasteiger partial charge in [0.05, 0.1) is 38.3 Å². The van der Waals surface area contributed by atoms with E-state index < -0.39 is 0 Å². The molecule has 0 radical (unpaired) electrons. The zero-order chi connectivity index (χ0) is 26.1. The van der Waals surface area contributed by atoms with Gasteiger partial charge < -0.3 is 0 Å². The predicted molar refractivity (Wildman–Crippen MR) is 160 cm³/mol. The molecule has 1 fully saturated rings. The van der Waals surface area contributed by atoms with E-state index in [4.69, 9.17) is 0 Å². The molecule has 0 aromatic heterocycles. The molecule has 0 N–H and O–H groups in total. The minimum Gasteiger partial charge on any atom is -0.265 e. The summed E-state index contributed by atoms with van der Waals surface area (Å²) in [5.74, 6) is 2.52. The SMILES string of the molecule is CCCCN(CCCC)C1=[N+](CCCC)CCCCCCC2(CCCCCCC2CC)N1CCCC. The number of nitrogens with zero attached hydrogens (tertiary/aromatic N) is 3. The Kier molecular flexibility index (Phi) is 16.2. The molecule has 0 aromatic carbocycles. The average Bonchev–Trinajstić information content (AvgIpc) is 2.88. The van der Waals surface area contributed by atoms with Gasteiger partial charge in [0.25, 0.3) is 0 Å². The highest BCUT2D eigenvalue weighted by Crippen LogP contribution is 2.43. The van der Waals surface area contributed by atoms with Crippen molar-refractivity contribution in [3.05, 3.63) is 0 Å². The molecule has 2 unspecified atom stereocenters. The first-order valence-electron chi connectivity index (χ1n) is 16.8. The summed E-state index contributed by atoms with van der Waals surface area (Å²) in [6.45, 7) is 18.3. The first kappa shape index (κ1) is 31.5. The molecule has 2 aliphatic rings. The summed E-state index contributed by atoms with van der Waals surface area (Å²) >= 11 is 0. The number of guanidine groups is 1. The lowest BCUT2D eigenvalue weighted by molar-refractivity contribution is -0.540.